The zero-order chi connectivity index (χ0) is 15.4. The number of esters is 1. The summed E-state index contributed by atoms with van der Waals surface area (Å²) >= 11 is 0. The van der Waals surface area contributed by atoms with Gasteiger partial charge in [-0.05, 0) is 48.2 Å². The molecule has 2 rings (SSSR count). The molecule has 1 unspecified atom stereocenters. The van der Waals surface area contributed by atoms with Crippen molar-refractivity contribution in [3.63, 3.8) is 0 Å². The molecule has 4 heteroatoms. The molecule has 110 valence electrons. The molecular formula is C17H20N2O2. The quantitative estimate of drug-likeness (QED) is 0.511. The molecule has 21 heavy (non-hydrogen) atoms. The fourth-order valence-electron chi connectivity index (χ4n) is 2.06. The van der Waals surface area contributed by atoms with Crippen LogP contribution in [0.2, 0.25) is 0 Å². The van der Waals surface area contributed by atoms with E-state index in [2.05, 4.69) is 13.8 Å². The van der Waals surface area contributed by atoms with Gasteiger partial charge in [0, 0.05) is 11.4 Å². The van der Waals surface area contributed by atoms with E-state index in [0.717, 1.165) is 6.42 Å². The summed E-state index contributed by atoms with van der Waals surface area (Å²) in [5.74, 6) is 0.529. The molecule has 1 atom stereocenters. The number of carbonyl (C=O) groups is 1. The molecule has 0 radical (unpaired) electrons. The molecule has 0 saturated carbocycles. The number of hydrogen-bond acceptors (Lipinski definition) is 4. The zero-order valence-electron chi connectivity index (χ0n) is 12.3. The zero-order valence-corrected chi connectivity index (χ0v) is 12.3. The van der Waals surface area contributed by atoms with Crippen molar-refractivity contribution in [3.8, 4) is 5.75 Å². The summed E-state index contributed by atoms with van der Waals surface area (Å²) in [6.45, 7) is 4.30. The van der Waals surface area contributed by atoms with Gasteiger partial charge < -0.3 is 16.2 Å². The summed E-state index contributed by atoms with van der Waals surface area (Å²) in [5.41, 5.74) is 13.8. The Bertz CT molecular complexity index is 615. The lowest BCUT2D eigenvalue weighted by Gasteiger charge is -2.10. The Morgan fingerprint density at radius 3 is 2.19 bits per heavy atom. The highest BCUT2D eigenvalue weighted by Gasteiger charge is 2.10. The average Bonchev–Trinajstić information content (AvgIpc) is 2.46. The van der Waals surface area contributed by atoms with Crippen LogP contribution in [0.5, 0.6) is 5.75 Å². The highest BCUT2D eigenvalue weighted by Crippen LogP contribution is 2.22. The lowest BCUT2D eigenvalue weighted by atomic mass is 9.99. The second-order valence-corrected chi connectivity index (χ2v) is 5.16. The fraction of sp³-hybridized carbons (Fsp3) is 0.235. The minimum Gasteiger partial charge on any atom is -0.423 e. The van der Waals surface area contributed by atoms with E-state index in [0.29, 0.717) is 28.6 Å². The van der Waals surface area contributed by atoms with Crippen molar-refractivity contribution in [2.75, 3.05) is 11.5 Å². The van der Waals surface area contributed by atoms with Crippen LogP contribution < -0.4 is 16.2 Å². The first-order chi connectivity index (χ1) is 9.99. The molecule has 0 aromatic heterocycles. The van der Waals surface area contributed by atoms with Gasteiger partial charge in [0.1, 0.15) is 5.75 Å². The van der Waals surface area contributed by atoms with Crippen molar-refractivity contribution in [2.24, 2.45) is 0 Å². The summed E-state index contributed by atoms with van der Waals surface area (Å²) in [4.78, 5) is 12.1. The van der Waals surface area contributed by atoms with E-state index in [9.17, 15) is 4.79 Å². The van der Waals surface area contributed by atoms with Crippen LogP contribution in [0.15, 0.2) is 42.5 Å². The van der Waals surface area contributed by atoms with Gasteiger partial charge in [0.2, 0.25) is 0 Å². The van der Waals surface area contributed by atoms with Gasteiger partial charge in [0.25, 0.3) is 0 Å². The third kappa shape index (κ3) is 3.75. The summed E-state index contributed by atoms with van der Waals surface area (Å²) < 4.78 is 5.33. The Kier molecular flexibility index (Phi) is 4.48. The molecule has 0 amide bonds. The van der Waals surface area contributed by atoms with E-state index >= 15 is 0 Å². The van der Waals surface area contributed by atoms with E-state index < -0.39 is 5.97 Å². The van der Waals surface area contributed by atoms with Gasteiger partial charge in [-0.25, -0.2) is 4.79 Å². The van der Waals surface area contributed by atoms with Gasteiger partial charge in [-0.1, -0.05) is 26.0 Å². The lowest BCUT2D eigenvalue weighted by molar-refractivity contribution is 0.0735. The molecule has 2 aromatic rings. The Morgan fingerprint density at radius 1 is 1.10 bits per heavy atom. The van der Waals surface area contributed by atoms with Crippen LogP contribution in [0, 0.1) is 0 Å². The number of benzene rings is 2. The summed E-state index contributed by atoms with van der Waals surface area (Å²) in [6, 6.07) is 12.2. The van der Waals surface area contributed by atoms with Crippen LogP contribution >= 0.6 is 0 Å². The van der Waals surface area contributed by atoms with Crippen molar-refractivity contribution in [1.82, 2.24) is 0 Å². The maximum atomic E-state index is 12.1. The van der Waals surface area contributed by atoms with Gasteiger partial charge in [-0.2, -0.15) is 0 Å². The first-order valence-corrected chi connectivity index (χ1v) is 6.97. The van der Waals surface area contributed by atoms with Gasteiger partial charge in [-0.15, -0.1) is 0 Å². The van der Waals surface area contributed by atoms with Crippen LogP contribution in [0.4, 0.5) is 11.4 Å². The van der Waals surface area contributed by atoms with Gasteiger partial charge in [0.05, 0.1) is 5.56 Å². The number of ether oxygens (including phenoxy) is 1. The topological polar surface area (TPSA) is 78.3 Å². The number of rotatable bonds is 4. The van der Waals surface area contributed by atoms with Gasteiger partial charge >= 0.3 is 5.97 Å². The molecule has 0 aliphatic heterocycles. The minimum absolute atomic E-state index is 0.346. The SMILES string of the molecule is CCC(C)c1ccc(OC(=O)c2cc(N)cc(N)c2)cc1. The van der Waals surface area contributed by atoms with Gasteiger partial charge in [-0.3, -0.25) is 0 Å². The van der Waals surface area contributed by atoms with E-state index in [1.54, 1.807) is 30.3 Å². The number of nitrogens with two attached hydrogens (primary N) is 2. The van der Waals surface area contributed by atoms with E-state index in [-0.39, 0.29) is 0 Å². The standard InChI is InChI=1S/C17H20N2O2/c1-3-11(2)12-4-6-16(7-5-12)21-17(20)13-8-14(18)10-15(19)9-13/h4-11H,3,18-19H2,1-2H3. The largest absolute Gasteiger partial charge is 0.423 e. The Morgan fingerprint density at radius 2 is 1.67 bits per heavy atom. The Balaban J connectivity index is 2.12. The molecule has 0 fully saturated rings. The van der Waals surface area contributed by atoms with Gasteiger partial charge in [0.15, 0.2) is 0 Å². The molecule has 0 heterocycles. The molecule has 4 nitrogen and oxygen atoms in total. The molecule has 4 N–H and O–H groups in total. The molecule has 0 bridgehead atoms. The molecule has 0 aliphatic carbocycles. The van der Waals surface area contributed by atoms with E-state index in [4.69, 9.17) is 16.2 Å². The number of anilines is 2. The van der Waals surface area contributed by atoms with Crippen molar-refractivity contribution < 1.29 is 9.53 Å². The van der Waals surface area contributed by atoms with Crippen molar-refractivity contribution in [2.45, 2.75) is 26.2 Å². The molecule has 2 aromatic carbocycles. The third-order valence-corrected chi connectivity index (χ3v) is 3.49. The predicted octanol–water partition coefficient (Wildman–Crippen LogP) is 3.58. The molecule has 0 spiro atoms. The molecule has 0 aliphatic rings. The summed E-state index contributed by atoms with van der Waals surface area (Å²) in [6.07, 6.45) is 1.07. The van der Waals surface area contributed by atoms with Crippen molar-refractivity contribution >= 4 is 17.3 Å². The van der Waals surface area contributed by atoms with Crippen LogP contribution in [-0.4, -0.2) is 5.97 Å². The third-order valence-electron chi connectivity index (χ3n) is 3.49. The lowest BCUT2D eigenvalue weighted by Crippen LogP contribution is -2.09. The number of nitrogen functional groups attached to an aromatic ring is 2. The summed E-state index contributed by atoms with van der Waals surface area (Å²) in [5, 5.41) is 0. The Hall–Kier alpha value is -2.49. The van der Waals surface area contributed by atoms with Crippen LogP contribution in [0.1, 0.15) is 42.1 Å². The highest BCUT2D eigenvalue weighted by molar-refractivity contribution is 5.93. The first-order valence-electron chi connectivity index (χ1n) is 6.97. The second-order valence-electron chi connectivity index (χ2n) is 5.16. The average molecular weight is 284 g/mol. The monoisotopic (exact) mass is 284 g/mol. The van der Waals surface area contributed by atoms with Crippen molar-refractivity contribution in [1.29, 1.82) is 0 Å². The fourth-order valence-corrected chi connectivity index (χ4v) is 2.06. The molecular weight excluding hydrogens is 264 g/mol. The molecule has 0 saturated heterocycles. The second kappa shape index (κ2) is 6.31. The normalized spacial score (nSPS) is 11.9. The van der Waals surface area contributed by atoms with E-state index in [1.165, 1.54) is 5.56 Å². The van der Waals surface area contributed by atoms with Crippen molar-refractivity contribution in [3.05, 3.63) is 53.6 Å². The summed E-state index contributed by atoms with van der Waals surface area (Å²) in [7, 11) is 0. The highest BCUT2D eigenvalue weighted by atomic mass is 16.5. The number of hydrogen-bond donors (Lipinski definition) is 2. The number of carbonyl (C=O) groups excluding carboxylic acids is 1. The van der Waals surface area contributed by atoms with Crippen LogP contribution in [-0.2, 0) is 0 Å². The predicted molar refractivity (Wildman–Crippen MR) is 85.4 cm³/mol. The van der Waals surface area contributed by atoms with E-state index in [1.807, 2.05) is 12.1 Å². The maximum Gasteiger partial charge on any atom is 0.343 e. The van der Waals surface area contributed by atoms with Crippen LogP contribution in [0.3, 0.4) is 0 Å². The minimum atomic E-state index is -0.467. The smallest absolute Gasteiger partial charge is 0.343 e. The Labute approximate surface area is 124 Å². The first kappa shape index (κ1) is 14.9. The van der Waals surface area contributed by atoms with Crippen LogP contribution in [0.25, 0.3) is 0 Å². The maximum absolute atomic E-state index is 12.1.